The van der Waals surface area contributed by atoms with Crippen LogP contribution in [-0.2, 0) is 10.0 Å². The van der Waals surface area contributed by atoms with Gasteiger partial charge in [0.25, 0.3) is 0 Å². The molecule has 4 rings (SSSR count). The van der Waals surface area contributed by atoms with Gasteiger partial charge >= 0.3 is 0 Å². The number of rotatable bonds is 4. The second-order valence-corrected chi connectivity index (χ2v) is 9.35. The maximum atomic E-state index is 14.6. The molecule has 11 heteroatoms. The van der Waals surface area contributed by atoms with Crippen LogP contribution >= 0.6 is 0 Å². The number of sulfonamides is 1. The van der Waals surface area contributed by atoms with Gasteiger partial charge in [0.2, 0.25) is 16.0 Å². The number of nitriles is 1. The van der Waals surface area contributed by atoms with Gasteiger partial charge in [-0.05, 0) is 19.3 Å². The third-order valence-corrected chi connectivity index (χ3v) is 6.82. The fourth-order valence-corrected chi connectivity index (χ4v) is 4.62. The number of alkyl halides is 1. The van der Waals surface area contributed by atoms with Crippen LogP contribution in [0.4, 0.5) is 14.7 Å². The zero-order valence-corrected chi connectivity index (χ0v) is 16.1. The molecule has 1 N–H and O–H groups in total. The molecule has 28 heavy (non-hydrogen) atoms. The lowest BCUT2D eigenvalue weighted by molar-refractivity contribution is 0.186. The molecule has 0 radical (unpaired) electrons. The predicted molar refractivity (Wildman–Crippen MR) is 97.6 cm³/mol. The van der Waals surface area contributed by atoms with Gasteiger partial charge in [0.1, 0.15) is 23.3 Å². The van der Waals surface area contributed by atoms with Crippen molar-refractivity contribution >= 4 is 21.5 Å². The highest BCUT2D eigenvalue weighted by Crippen LogP contribution is 2.39. The smallest absolute Gasteiger partial charge is 0.241 e. The molecule has 3 heterocycles. The first kappa shape index (κ1) is 19.0. The zero-order chi connectivity index (χ0) is 20.1. The van der Waals surface area contributed by atoms with E-state index < -0.39 is 28.1 Å². The monoisotopic (exact) mass is 410 g/mol. The van der Waals surface area contributed by atoms with E-state index in [1.807, 2.05) is 6.07 Å². The number of nitrogens with one attached hydrogen (secondary N) is 1. The molecule has 1 aliphatic carbocycles. The Morgan fingerprint density at radius 2 is 2.11 bits per heavy atom. The summed E-state index contributed by atoms with van der Waals surface area (Å²) in [4.78, 5) is 4.06. The number of fused-ring (bicyclic) bond motifs is 1. The Kier molecular flexibility index (Phi) is 4.71. The summed E-state index contributed by atoms with van der Waals surface area (Å²) in [5, 5.41) is 16.6. The molecule has 1 aliphatic heterocycles. The van der Waals surface area contributed by atoms with E-state index >= 15 is 0 Å². The molecular formula is C17H20F2N6O2S. The Bertz CT molecular complexity index is 1060. The van der Waals surface area contributed by atoms with Crippen molar-refractivity contribution < 1.29 is 17.2 Å². The van der Waals surface area contributed by atoms with Crippen LogP contribution in [0, 0.1) is 17.1 Å². The number of piperidine rings is 1. The lowest BCUT2D eigenvalue weighted by Gasteiger charge is -2.33. The fourth-order valence-electron chi connectivity index (χ4n) is 3.77. The van der Waals surface area contributed by atoms with Gasteiger partial charge in [-0.2, -0.15) is 9.57 Å². The van der Waals surface area contributed by atoms with Crippen LogP contribution in [0.1, 0.15) is 42.9 Å². The third kappa shape index (κ3) is 3.20. The third-order valence-electron chi connectivity index (χ3n) is 5.55. The van der Waals surface area contributed by atoms with Crippen molar-refractivity contribution in [1.82, 2.24) is 18.9 Å². The molecule has 2 aromatic heterocycles. The van der Waals surface area contributed by atoms with E-state index in [1.54, 1.807) is 0 Å². The van der Waals surface area contributed by atoms with Crippen LogP contribution < -0.4 is 5.32 Å². The Morgan fingerprint density at radius 1 is 1.36 bits per heavy atom. The predicted octanol–water partition coefficient (Wildman–Crippen LogP) is 1.79. The second kappa shape index (κ2) is 6.93. The molecule has 0 aromatic carbocycles. The van der Waals surface area contributed by atoms with E-state index in [4.69, 9.17) is 0 Å². The Hall–Kier alpha value is -2.32. The van der Waals surface area contributed by atoms with Crippen LogP contribution in [0.2, 0.25) is 0 Å². The molecule has 0 bridgehead atoms. The molecule has 2 atom stereocenters. The van der Waals surface area contributed by atoms with E-state index in [1.165, 1.54) is 10.7 Å². The van der Waals surface area contributed by atoms with Crippen molar-refractivity contribution in [2.24, 2.45) is 0 Å². The maximum Gasteiger partial charge on any atom is 0.241 e. The number of anilines is 1. The molecule has 2 aliphatic rings. The standard InChI is InChI=1S/C17H20F2N6O2S/c1-28(26,27)24-6-5-13(12(18)9-24)22-17-21-8-14-15(19)11(7-20)16(25(14)23-17)10-3-2-4-10/h8,10,12-13H,2-6,9H2,1H3,(H,22,23)/t12-,13-/m1/s1. The molecule has 2 aromatic rings. The first-order chi connectivity index (χ1) is 13.3. The van der Waals surface area contributed by atoms with Crippen molar-refractivity contribution in [3.05, 3.63) is 23.3 Å². The van der Waals surface area contributed by atoms with Crippen molar-refractivity contribution in [1.29, 1.82) is 5.26 Å². The average Bonchev–Trinajstić information content (AvgIpc) is 2.86. The van der Waals surface area contributed by atoms with Crippen LogP contribution in [0.15, 0.2) is 6.20 Å². The van der Waals surface area contributed by atoms with E-state index in [2.05, 4.69) is 15.4 Å². The van der Waals surface area contributed by atoms with Crippen molar-refractivity contribution in [2.45, 2.75) is 43.8 Å². The summed E-state index contributed by atoms with van der Waals surface area (Å²) in [5.41, 5.74) is 0.643. The summed E-state index contributed by atoms with van der Waals surface area (Å²) in [6, 6.07) is 1.27. The summed E-state index contributed by atoms with van der Waals surface area (Å²) in [5.74, 6) is -0.449. The van der Waals surface area contributed by atoms with Crippen molar-refractivity contribution in [3.63, 3.8) is 0 Å². The molecule has 1 saturated carbocycles. The highest BCUT2D eigenvalue weighted by Gasteiger charge is 2.34. The Balaban J connectivity index is 1.61. The number of hydrogen-bond acceptors (Lipinski definition) is 6. The minimum atomic E-state index is -3.44. The summed E-state index contributed by atoms with van der Waals surface area (Å²) in [6.07, 6.45) is 3.92. The Morgan fingerprint density at radius 3 is 2.68 bits per heavy atom. The van der Waals surface area contributed by atoms with Gasteiger partial charge in [0, 0.05) is 19.0 Å². The minimum Gasteiger partial charge on any atom is -0.347 e. The van der Waals surface area contributed by atoms with Crippen molar-refractivity contribution in [2.75, 3.05) is 24.7 Å². The van der Waals surface area contributed by atoms with Crippen LogP contribution in [0.3, 0.4) is 0 Å². The van der Waals surface area contributed by atoms with E-state index in [9.17, 15) is 22.5 Å². The molecule has 0 spiro atoms. The molecule has 8 nitrogen and oxygen atoms in total. The SMILES string of the molecule is CS(=O)(=O)N1CC[C@@H](Nc2ncc3c(F)c(C#N)c(C4CCC4)n3n2)[C@H](F)C1. The van der Waals surface area contributed by atoms with E-state index in [0.29, 0.717) is 5.69 Å². The maximum absolute atomic E-state index is 14.6. The van der Waals surface area contributed by atoms with Gasteiger partial charge in [0.15, 0.2) is 5.82 Å². The topological polar surface area (TPSA) is 103 Å². The molecule has 0 amide bonds. The van der Waals surface area contributed by atoms with Crippen LogP contribution in [0.25, 0.3) is 5.52 Å². The lowest BCUT2D eigenvalue weighted by atomic mass is 9.82. The van der Waals surface area contributed by atoms with Gasteiger partial charge in [0.05, 0.1) is 24.2 Å². The highest BCUT2D eigenvalue weighted by atomic mass is 32.2. The first-order valence-corrected chi connectivity index (χ1v) is 11.0. The van der Waals surface area contributed by atoms with Crippen LogP contribution in [0.5, 0.6) is 0 Å². The van der Waals surface area contributed by atoms with Gasteiger partial charge in [-0.25, -0.2) is 26.7 Å². The average molecular weight is 410 g/mol. The normalized spacial score (nSPS) is 24.1. The van der Waals surface area contributed by atoms with Gasteiger partial charge in [-0.3, -0.25) is 0 Å². The molecular weight excluding hydrogens is 390 g/mol. The second-order valence-electron chi connectivity index (χ2n) is 7.37. The number of halogens is 2. The Labute approximate surface area is 161 Å². The number of hydrogen-bond donors (Lipinski definition) is 1. The highest BCUT2D eigenvalue weighted by molar-refractivity contribution is 7.88. The summed E-state index contributed by atoms with van der Waals surface area (Å²) in [7, 11) is -3.44. The molecule has 150 valence electrons. The van der Waals surface area contributed by atoms with Crippen LogP contribution in [-0.4, -0.2) is 58.9 Å². The van der Waals surface area contributed by atoms with Gasteiger partial charge < -0.3 is 5.32 Å². The quantitative estimate of drug-likeness (QED) is 0.824. The largest absolute Gasteiger partial charge is 0.347 e. The van der Waals surface area contributed by atoms with E-state index in [-0.39, 0.29) is 42.5 Å². The molecule has 2 fully saturated rings. The summed E-state index contributed by atoms with van der Waals surface area (Å²) >= 11 is 0. The summed E-state index contributed by atoms with van der Waals surface area (Å²) in [6.45, 7) is -0.0357. The van der Waals surface area contributed by atoms with E-state index in [0.717, 1.165) is 29.8 Å². The minimum absolute atomic E-state index is 0.0130. The number of aromatic nitrogens is 3. The lowest BCUT2D eigenvalue weighted by Crippen LogP contribution is -2.49. The van der Waals surface area contributed by atoms with Crippen molar-refractivity contribution in [3.8, 4) is 6.07 Å². The van der Waals surface area contributed by atoms with Gasteiger partial charge in [-0.1, -0.05) is 6.42 Å². The zero-order valence-electron chi connectivity index (χ0n) is 15.3. The fraction of sp³-hybridized carbons (Fsp3) is 0.588. The van der Waals surface area contributed by atoms with Gasteiger partial charge in [-0.15, -0.1) is 5.10 Å². The summed E-state index contributed by atoms with van der Waals surface area (Å²) < 4.78 is 54.7. The first-order valence-electron chi connectivity index (χ1n) is 9.12. The molecule has 1 saturated heterocycles. The molecule has 0 unspecified atom stereocenters. The number of nitrogens with zero attached hydrogens (tertiary/aromatic N) is 5.